The summed E-state index contributed by atoms with van der Waals surface area (Å²) >= 11 is 1.45. The zero-order valence-corrected chi connectivity index (χ0v) is 24.9. The first kappa shape index (κ1) is 28.9. The van der Waals surface area contributed by atoms with Crippen LogP contribution in [-0.4, -0.2) is 37.7 Å². The number of halogens is 2. The highest BCUT2D eigenvalue weighted by molar-refractivity contribution is 7.18. The third-order valence-electron chi connectivity index (χ3n) is 7.11. The van der Waals surface area contributed by atoms with E-state index >= 15 is 0 Å². The zero-order chi connectivity index (χ0) is 29.6. The average molecular weight is 596 g/mol. The highest BCUT2D eigenvalue weighted by Crippen LogP contribution is 2.55. The van der Waals surface area contributed by atoms with E-state index in [1.165, 1.54) is 23.9 Å². The maximum absolute atomic E-state index is 14.4. The normalized spacial score (nSPS) is 15.9. The molecule has 2 atom stereocenters. The Morgan fingerprint density at radius 1 is 1.27 bits per heavy atom. The molecule has 0 bridgehead atoms. The molecule has 5 rings (SSSR count). The third kappa shape index (κ3) is 5.75. The molecule has 0 radical (unpaired) electrons. The molecular weight excluding hydrogens is 563 g/mol. The number of nitriles is 1. The van der Waals surface area contributed by atoms with E-state index in [2.05, 4.69) is 52.4 Å². The van der Waals surface area contributed by atoms with Crippen LogP contribution in [0.15, 0.2) is 54.1 Å². The molecule has 214 valence electrons. The molecule has 6 N–H and O–H groups in total. The second-order valence-electron chi connectivity index (χ2n) is 11.5. The summed E-state index contributed by atoms with van der Waals surface area (Å²) in [6.45, 7) is 6.97. The number of rotatable bonds is 9. The monoisotopic (exact) mass is 595 g/mol. The maximum atomic E-state index is 14.4. The van der Waals surface area contributed by atoms with Gasteiger partial charge in [-0.05, 0) is 42.0 Å². The molecule has 41 heavy (non-hydrogen) atoms. The molecule has 1 fully saturated rings. The number of fused-ring (bicyclic) bond motifs is 2. The van der Waals surface area contributed by atoms with Crippen molar-refractivity contribution in [2.45, 2.75) is 50.9 Å². The number of benzene rings is 2. The van der Waals surface area contributed by atoms with Crippen molar-refractivity contribution in [3.05, 3.63) is 65.2 Å². The van der Waals surface area contributed by atoms with Gasteiger partial charge in [0.25, 0.3) is 5.66 Å². The van der Waals surface area contributed by atoms with E-state index in [1.54, 1.807) is 20.8 Å². The van der Waals surface area contributed by atoms with Crippen molar-refractivity contribution < 1.29 is 8.78 Å². The Labute approximate surface area is 243 Å². The lowest BCUT2D eigenvalue weighted by Gasteiger charge is -2.32. The average Bonchev–Trinajstić information content (AvgIpc) is 3.61. The zero-order valence-electron chi connectivity index (χ0n) is 22.9. The molecule has 2 aromatic heterocycles. The molecule has 0 spiro atoms. The minimum atomic E-state index is -3.09. The molecule has 1 saturated carbocycles. The van der Waals surface area contributed by atoms with Gasteiger partial charge in [0.2, 0.25) is 0 Å². The summed E-state index contributed by atoms with van der Waals surface area (Å²) < 4.78 is 29.7. The number of hydrogen-bond donors (Lipinski definition) is 4. The van der Waals surface area contributed by atoms with Gasteiger partial charge in [-0.2, -0.15) is 14.0 Å². The Hall–Kier alpha value is -3.65. The summed E-state index contributed by atoms with van der Waals surface area (Å²) in [6, 6.07) is 10.8. The summed E-state index contributed by atoms with van der Waals surface area (Å²) in [5.74, 6) is 6.79. The van der Waals surface area contributed by atoms with Crippen LogP contribution in [-0.2, 0) is 0 Å². The van der Waals surface area contributed by atoms with Crippen LogP contribution in [0, 0.1) is 16.7 Å². The van der Waals surface area contributed by atoms with Crippen molar-refractivity contribution in [1.82, 2.24) is 20.0 Å². The first-order chi connectivity index (χ1) is 19.3. The van der Waals surface area contributed by atoms with Crippen LogP contribution in [0.1, 0.15) is 50.8 Å². The number of hydrazine groups is 1. The molecule has 1 aliphatic rings. The van der Waals surface area contributed by atoms with Crippen LogP contribution in [0.5, 0.6) is 0 Å². The molecule has 4 aromatic rings. The van der Waals surface area contributed by atoms with Crippen molar-refractivity contribution in [3.8, 4) is 6.07 Å². The summed E-state index contributed by atoms with van der Waals surface area (Å²) in [6.07, 6.45) is 3.29. The van der Waals surface area contributed by atoms with Gasteiger partial charge in [0.15, 0.2) is 0 Å². The number of alkyl halides is 2. The Balaban J connectivity index is 1.60. The van der Waals surface area contributed by atoms with Crippen molar-refractivity contribution in [2.24, 2.45) is 17.0 Å². The number of thiazole rings is 1. The number of hydrogen-bond acceptors (Lipinski definition) is 10. The standard InChI is InChI=1S/C28H32F2N9PS/c1-26(2,3)13-34-25-19-10-17(9-16(11-31)22(19)35-14-36-25)38-23(18-5-4-6-21-24(18)41-15-37-21)20(32)12-39(33)27(7-8-27)28(29,30)40/h4-6,9-10,12,14-15,23,38H,7-8,13,32-33,40H2,1-3H3,(H,34,35,36)/b20-12-. The third-order valence-corrected chi connectivity index (χ3v) is 8.54. The highest BCUT2D eigenvalue weighted by Gasteiger charge is 2.62. The largest absolute Gasteiger partial charge is 0.399 e. The molecule has 9 nitrogen and oxygen atoms in total. The first-order valence-corrected chi connectivity index (χ1v) is 14.5. The first-order valence-electron chi connectivity index (χ1n) is 13.0. The van der Waals surface area contributed by atoms with Gasteiger partial charge in [-0.15, -0.1) is 11.3 Å². The van der Waals surface area contributed by atoms with Crippen LogP contribution in [0.2, 0.25) is 0 Å². The predicted octanol–water partition coefficient (Wildman–Crippen LogP) is 5.70. The van der Waals surface area contributed by atoms with E-state index in [-0.39, 0.29) is 24.0 Å². The van der Waals surface area contributed by atoms with E-state index in [0.29, 0.717) is 34.5 Å². The van der Waals surface area contributed by atoms with Gasteiger partial charge in [0.05, 0.1) is 38.5 Å². The van der Waals surface area contributed by atoms with Crippen molar-refractivity contribution in [2.75, 3.05) is 17.2 Å². The molecule has 2 heterocycles. The predicted molar refractivity (Wildman–Crippen MR) is 163 cm³/mol. The fraction of sp³-hybridized carbons (Fsp3) is 0.357. The molecule has 0 aliphatic heterocycles. The second-order valence-corrected chi connectivity index (χ2v) is 13.1. The van der Waals surface area contributed by atoms with Gasteiger partial charge >= 0.3 is 0 Å². The van der Waals surface area contributed by atoms with Crippen molar-refractivity contribution in [3.63, 3.8) is 0 Å². The Kier molecular flexibility index (Phi) is 7.49. The van der Waals surface area contributed by atoms with Crippen molar-refractivity contribution in [1.29, 1.82) is 5.26 Å². The molecule has 2 aromatic carbocycles. The quantitative estimate of drug-likeness (QED) is 0.109. The van der Waals surface area contributed by atoms with Crippen LogP contribution in [0.25, 0.3) is 21.1 Å². The number of nitrogens with zero attached hydrogens (tertiary/aromatic N) is 5. The Morgan fingerprint density at radius 3 is 2.68 bits per heavy atom. The van der Waals surface area contributed by atoms with Crippen molar-refractivity contribution >= 4 is 53.2 Å². The summed E-state index contributed by atoms with van der Waals surface area (Å²) in [5, 5.41) is 18.5. The maximum Gasteiger partial charge on any atom is 0.282 e. The van der Waals surface area contributed by atoms with Crippen LogP contribution >= 0.6 is 20.6 Å². The summed E-state index contributed by atoms with van der Waals surface area (Å²) in [7, 11) is 1.60. The van der Waals surface area contributed by atoms with Gasteiger partial charge in [-0.25, -0.2) is 20.8 Å². The summed E-state index contributed by atoms with van der Waals surface area (Å²) in [4.78, 5) is 13.2. The number of anilines is 2. The lowest BCUT2D eigenvalue weighted by molar-refractivity contribution is -0.00374. The van der Waals surface area contributed by atoms with Crippen LogP contribution in [0.4, 0.5) is 20.3 Å². The fourth-order valence-electron chi connectivity index (χ4n) is 4.71. The molecular formula is C28H32F2N9PS. The molecule has 0 amide bonds. The van der Waals surface area contributed by atoms with Gasteiger partial charge in [-0.3, -0.25) is 0 Å². The van der Waals surface area contributed by atoms with E-state index in [4.69, 9.17) is 11.6 Å². The van der Waals surface area contributed by atoms with Gasteiger partial charge in [0.1, 0.15) is 23.8 Å². The number of aromatic nitrogens is 3. The lowest BCUT2D eigenvalue weighted by Crippen LogP contribution is -2.49. The van der Waals surface area contributed by atoms with Gasteiger partial charge in [-0.1, -0.05) is 42.1 Å². The van der Waals surface area contributed by atoms with E-state index in [0.717, 1.165) is 20.8 Å². The number of nitrogens with one attached hydrogen (secondary N) is 2. The minimum absolute atomic E-state index is 0.0101. The minimum Gasteiger partial charge on any atom is -0.399 e. The van der Waals surface area contributed by atoms with Gasteiger partial charge in [0, 0.05) is 23.8 Å². The van der Waals surface area contributed by atoms with E-state index in [9.17, 15) is 14.0 Å². The molecule has 1 aliphatic carbocycles. The Morgan fingerprint density at radius 2 is 2.02 bits per heavy atom. The number of nitrogens with two attached hydrogens (primary N) is 2. The highest BCUT2D eigenvalue weighted by atomic mass is 32.1. The fourth-order valence-corrected chi connectivity index (χ4v) is 5.98. The summed E-state index contributed by atoms with van der Waals surface area (Å²) in [5.41, 5.74) is 7.02. The van der Waals surface area contributed by atoms with Crippen LogP contribution < -0.4 is 22.2 Å². The van der Waals surface area contributed by atoms with E-state index in [1.807, 2.05) is 24.3 Å². The smallest absolute Gasteiger partial charge is 0.282 e. The second kappa shape index (κ2) is 10.6. The molecule has 0 saturated heterocycles. The lowest BCUT2D eigenvalue weighted by atomic mass is 9.97. The Bertz CT molecular complexity index is 1670. The van der Waals surface area contributed by atoms with E-state index < -0.39 is 17.2 Å². The molecule has 2 unspecified atom stereocenters. The SMILES string of the molecule is CC(C)(C)CNc1ncnc2c(C#N)cc(NC(/C(N)=C/N(N)C3(C(F)(F)P)CC3)c3cccc4ncsc34)cc12. The van der Waals surface area contributed by atoms with Crippen LogP contribution in [0.3, 0.4) is 0 Å². The van der Waals surface area contributed by atoms with Gasteiger partial charge < -0.3 is 21.4 Å². The molecule has 13 heteroatoms. The topological polar surface area (TPSA) is 142 Å².